The Balaban J connectivity index is 0.901. The highest BCUT2D eigenvalue weighted by atomic mass is 15.0. The van der Waals surface area contributed by atoms with Crippen molar-refractivity contribution < 1.29 is 0 Å². The summed E-state index contributed by atoms with van der Waals surface area (Å²) in [5.74, 6) is 0. The second kappa shape index (κ2) is 17.5. The first-order valence-corrected chi connectivity index (χ1v) is 23.3. The predicted octanol–water partition coefficient (Wildman–Crippen LogP) is 16.5. The first kappa shape index (κ1) is 40.6. The third-order valence-corrected chi connectivity index (χ3v) is 13.4. The Labute approximate surface area is 396 Å². The Morgan fingerprint density at radius 2 is 0.735 bits per heavy atom. The van der Waals surface area contributed by atoms with Crippen molar-refractivity contribution >= 4 is 54.9 Å². The molecule has 0 amide bonds. The molecular formula is C65H47N3. The summed E-state index contributed by atoms with van der Waals surface area (Å²) in [4.78, 5) is 0. The summed E-state index contributed by atoms with van der Waals surface area (Å²) in [5.41, 5.74) is 26.3. The molecule has 0 unspecified atom stereocenters. The predicted molar refractivity (Wildman–Crippen MR) is 288 cm³/mol. The molecule has 0 saturated heterocycles. The summed E-state index contributed by atoms with van der Waals surface area (Å²) >= 11 is 0. The van der Waals surface area contributed by atoms with Crippen LogP contribution in [0.2, 0.25) is 0 Å². The molecule has 0 radical (unpaired) electrons. The molecule has 322 valence electrons. The van der Waals surface area contributed by atoms with Crippen molar-refractivity contribution in [2.75, 3.05) is 0 Å². The van der Waals surface area contributed by atoms with Crippen LogP contribution in [0.4, 0.5) is 0 Å². The number of nitrogens with zero attached hydrogens (tertiary/aromatic N) is 2. The monoisotopic (exact) mass is 869 g/mol. The highest BCUT2D eigenvalue weighted by Crippen LogP contribution is 2.39. The maximum Gasteiger partial charge on any atom is 0.0541 e. The minimum atomic E-state index is 0.721. The van der Waals surface area contributed by atoms with Crippen LogP contribution >= 0.6 is 0 Å². The lowest BCUT2D eigenvalue weighted by atomic mass is 9.98. The van der Waals surface area contributed by atoms with Crippen LogP contribution in [0.25, 0.3) is 99.6 Å². The lowest BCUT2D eigenvalue weighted by Crippen LogP contribution is -1.98. The average Bonchev–Trinajstić information content (AvgIpc) is 3.93. The Morgan fingerprint density at radius 3 is 1.26 bits per heavy atom. The molecule has 0 aliphatic carbocycles. The molecule has 0 aliphatic heterocycles. The van der Waals surface area contributed by atoms with E-state index in [2.05, 4.69) is 264 Å². The minimum Gasteiger partial charge on any atom is -0.398 e. The molecule has 0 aliphatic rings. The quantitative estimate of drug-likeness (QED) is 0.137. The van der Waals surface area contributed by atoms with Crippen LogP contribution in [0, 0.1) is 0 Å². The van der Waals surface area contributed by atoms with Crippen LogP contribution in [0.3, 0.4) is 0 Å². The number of nitrogens with two attached hydrogens (primary N) is 1. The van der Waals surface area contributed by atoms with Crippen molar-refractivity contribution in [1.29, 1.82) is 0 Å². The number of aromatic nitrogens is 2. The van der Waals surface area contributed by atoms with Gasteiger partial charge in [0.25, 0.3) is 0 Å². The molecule has 2 aromatic heterocycles. The van der Waals surface area contributed by atoms with Gasteiger partial charge in [-0.15, -0.1) is 0 Å². The van der Waals surface area contributed by atoms with Crippen LogP contribution in [0.1, 0.15) is 16.7 Å². The average molecular weight is 870 g/mol. The van der Waals surface area contributed by atoms with Crippen LogP contribution < -0.4 is 5.73 Å². The molecule has 2 N–H and O–H groups in total. The number of fused-ring (bicyclic) bond motifs is 6. The van der Waals surface area contributed by atoms with Crippen LogP contribution in [0.15, 0.2) is 261 Å². The summed E-state index contributed by atoms with van der Waals surface area (Å²) in [6.45, 7) is 0. The molecule has 0 bridgehead atoms. The SMILES string of the molecule is N/C(=C\C(=C/Cc1ccc(-c2ccccc2)cc1)c1ccc(-n2c3ccccc3c3cc(-c4ccc5c(c4)c4ccccc4n5-c4ccccc4)ccc32)cc1)c1ccc(-c2ccccc2)cc1. The van der Waals surface area contributed by atoms with Crippen molar-refractivity contribution in [3.05, 3.63) is 278 Å². The van der Waals surface area contributed by atoms with Gasteiger partial charge in [0.1, 0.15) is 0 Å². The summed E-state index contributed by atoms with van der Waals surface area (Å²) in [5, 5.41) is 4.95. The van der Waals surface area contributed by atoms with Gasteiger partial charge >= 0.3 is 0 Å². The van der Waals surface area contributed by atoms with Crippen molar-refractivity contribution in [2.24, 2.45) is 5.73 Å². The first-order chi connectivity index (χ1) is 33.6. The zero-order chi connectivity index (χ0) is 45.4. The molecular weight excluding hydrogens is 823 g/mol. The highest BCUT2D eigenvalue weighted by molar-refractivity contribution is 6.12. The summed E-state index contributed by atoms with van der Waals surface area (Å²) < 4.78 is 4.76. The van der Waals surface area contributed by atoms with E-state index in [4.69, 9.17) is 5.73 Å². The molecule has 10 aromatic carbocycles. The molecule has 0 saturated carbocycles. The number of benzene rings is 10. The largest absolute Gasteiger partial charge is 0.398 e. The zero-order valence-corrected chi connectivity index (χ0v) is 37.5. The van der Waals surface area contributed by atoms with Gasteiger partial charge in [0.2, 0.25) is 0 Å². The van der Waals surface area contributed by atoms with E-state index in [0.29, 0.717) is 0 Å². The second-order valence-corrected chi connectivity index (χ2v) is 17.5. The van der Waals surface area contributed by atoms with Gasteiger partial charge in [0.05, 0.1) is 22.1 Å². The Morgan fingerprint density at radius 1 is 0.338 bits per heavy atom. The summed E-state index contributed by atoms with van der Waals surface area (Å²) in [7, 11) is 0. The molecule has 0 fully saturated rings. The van der Waals surface area contributed by atoms with E-state index in [1.807, 2.05) is 6.07 Å². The standard InChI is InChI=1S/C65H47N3/c66-61(51-32-30-49(31-33-51)47-16-6-2-7-17-47)44-54(29-26-45-24-27-48(28-25-45)46-14-4-1-5-15-46)50-34-38-56(39-35-50)68-63-23-13-11-21-58(63)60-43-53(37-41-65(60)68)52-36-40-64-59(42-52)57-20-10-12-22-62(57)67(64)55-18-8-3-9-19-55/h1-25,27-44H,26,66H2/b54-29+,61-44-. The van der Waals surface area contributed by atoms with Crippen LogP contribution in [-0.2, 0) is 6.42 Å². The Bertz CT molecular complexity index is 3820. The molecule has 12 aromatic rings. The van der Waals surface area contributed by atoms with Gasteiger partial charge in [-0.1, -0.05) is 194 Å². The number of rotatable bonds is 10. The zero-order valence-electron chi connectivity index (χ0n) is 37.5. The van der Waals surface area contributed by atoms with E-state index < -0.39 is 0 Å². The maximum atomic E-state index is 6.95. The first-order valence-electron chi connectivity index (χ1n) is 23.3. The van der Waals surface area contributed by atoms with Crippen LogP contribution in [-0.4, -0.2) is 9.13 Å². The molecule has 3 heteroatoms. The van der Waals surface area contributed by atoms with Gasteiger partial charge in [-0.2, -0.15) is 0 Å². The molecule has 3 nitrogen and oxygen atoms in total. The highest BCUT2D eigenvalue weighted by Gasteiger charge is 2.16. The fourth-order valence-corrected chi connectivity index (χ4v) is 9.93. The van der Waals surface area contributed by atoms with Gasteiger partial charge in [0, 0.05) is 38.6 Å². The Hall–Kier alpha value is -8.92. The summed E-state index contributed by atoms with van der Waals surface area (Å²) in [6.07, 6.45) is 5.19. The van der Waals surface area contributed by atoms with Crippen molar-refractivity contribution in [1.82, 2.24) is 9.13 Å². The van der Waals surface area contributed by atoms with E-state index in [-0.39, 0.29) is 0 Å². The normalized spacial score (nSPS) is 12.1. The van der Waals surface area contributed by atoms with E-state index in [9.17, 15) is 0 Å². The van der Waals surface area contributed by atoms with Crippen molar-refractivity contribution in [2.45, 2.75) is 6.42 Å². The van der Waals surface area contributed by atoms with E-state index in [0.717, 1.165) is 40.2 Å². The molecule has 68 heavy (non-hydrogen) atoms. The number of hydrogen-bond acceptors (Lipinski definition) is 1. The fraction of sp³-hybridized carbons (Fsp3) is 0.0154. The second-order valence-electron chi connectivity index (χ2n) is 17.5. The fourth-order valence-electron chi connectivity index (χ4n) is 9.93. The topological polar surface area (TPSA) is 35.9 Å². The third kappa shape index (κ3) is 7.56. The van der Waals surface area contributed by atoms with Gasteiger partial charge in [-0.25, -0.2) is 0 Å². The third-order valence-electron chi connectivity index (χ3n) is 13.4. The van der Waals surface area contributed by atoms with Crippen LogP contribution in [0.5, 0.6) is 0 Å². The lowest BCUT2D eigenvalue weighted by molar-refractivity contribution is 1.18. The lowest BCUT2D eigenvalue weighted by Gasteiger charge is -2.12. The molecule has 0 atom stereocenters. The number of hydrogen-bond donors (Lipinski definition) is 1. The van der Waals surface area contributed by atoms with E-state index >= 15 is 0 Å². The van der Waals surface area contributed by atoms with Gasteiger partial charge in [-0.3, -0.25) is 0 Å². The minimum absolute atomic E-state index is 0.721. The van der Waals surface area contributed by atoms with Gasteiger partial charge in [-0.05, 0) is 129 Å². The van der Waals surface area contributed by atoms with Gasteiger partial charge < -0.3 is 14.9 Å². The molecule has 12 rings (SSSR count). The van der Waals surface area contributed by atoms with Crippen molar-refractivity contribution in [3.63, 3.8) is 0 Å². The molecule has 0 spiro atoms. The summed E-state index contributed by atoms with van der Waals surface area (Å²) in [6, 6.07) is 89.3. The molecule has 2 heterocycles. The van der Waals surface area contributed by atoms with Crippen molar-refractivity contribution in [3.8, 4) is 44.8 Å². The van der Waals surface area contributed by atoms with Gasteiger partial charge in [0.15, 0.2) is 0 Å². The van der Waals surface area contributed by atoms with E-state index in [1.165, 1.54) is 82.6 Å². The number of para-hydroxylation sites is 3. The van der Waals surface area contributed by atoms with E-state index in [1.54, 1.807) is 0 Å². The maximum absolute atomic E-state index is 6.95. The number of allylic oxidation sites excluding steroid dienone is 3. The smallest absolute Gasteiger partial charge is 0.0541 e. The Kier molecular flexibility index (Phi) is 10.4.